The van der Waals surface area contributed by atoms with Crippen LogP contribution in [0.3, 0.4) is 0 Å². The number of hydrogen-bond acceptors (Lipinski definition) is 4. The molecule has 2 N–H and O–H groups in total. The van der Waals surface area contributed by atoms with Gasteiger partial charge in [0.1, 0.15) is 5.82 Å². The third-order valence-electron chi connectivity index (χ3n) is 5.66. The minimum absolute atomic E-state index is 0.0636. The Bertz CT molecular complexity index is 848. The SMILES string of the molecule is C[C@@H]1CN([C@H](C)CNC(=O)N(C)CCCc2cc(-c3cccc(F)c3)n[nH]2)C[C@H](C)O1. The van der Waals surface area contributed by atoms with Crippen molar-refractivity contribution >= 4 is 6.03 Å². The summed E-state index contributed by atoms with van der Waals surface area (Å²) in [5.74, 6) is -0.276. The summed E-state index contributed by atoms with van der Waals surface area (Å²) in [5.41, 5.74) is 2.44. The molecular weight excluding hydrogens is 397 g/mol. The van der Waals surface area contributed by atoms with Crippen molar-refractivity contribution in [1.29, 1.82) is 0 Å². The third kappa shape index (κ3) is 6.77. The molecule has 0 bridgehead atoms. The van der Waals surface area contributed by atoms with E-state index in [1.807, 2.05) is 19.2 Å². The van der Waals surface area contributed by atoms with Crippen molar-refractivity contribution in [1.82, 2.24) is 25.3 Å². The molecule has 7 nitrogen and oxygen atoms in total. The topological polar surface area (TPSA) is 73.5 Å². The minimum Gasteiger partial charge on any atom is -0.373 e. The van der Waals surface area contributed by atoms with Crippen LogP contribution in [0.2, 0.25) is 0 Å². The Morgan fingerprint density at radius 3 is 2.81 bits per heavy atom. The Morgan fingerprint density at radius 1 is 1.35 bits per heavy atom. The van der Waals surface area contributed by atoms with E-state index in [1.165, 1.54) is 12.1 Å². The molecule has 3 atom stereocenters. The molecule has 1 aliphatic rings. The van der Waals surface area contributed by atoms with Crippen molar-refractivity contribution in [2.24, 2.45) is 0 Å². The van der Waals surface area contributed by atoms with Gasteiger partial charge in [0.15, 0.2) is 0 Å². The number of carbonyl (C=O) groups is 1. The van der Waals surface area contributed by atoms with Gasteiger partial charge in [-0.1, -0.05) is 12.1 Å². The summed E-state index contributed by atoms with van der Waals surface area (Å²) in [6, 6.07) is 8.52. The van der Waals surface area contributed by atoms with E-state index in [2.05, 4.69) is 41.2 Å². The van der Waals surface area contributed by atoms with E-state index in [0.717, 1.165) is 42.9 Å². The summed E-state index contributed by atoms with van der Waals surface area (Å²) in [4.78, 5) is 16.5. The number of halogens is 1. The number of benzene rings is 1. The van der Waals surface area contributed by atoms with Crippen LogP contribution in [-0.4, -0.2) is 77.5 Å². The first-order valence-corrected chi connectivity index (χ1v) is 11.0. The standard InChI is InChI=1S/C23H34FN5O2/c1-16(29-14-17(2)31-18(3)15-29)13-25-23(30)28(4)10-6-9-21-12-22(27-26-21)19-7-5-8-20(24)11-19/h5,7-8,11-12,16-18H,6,9-10,13-15H2,1-4H3,(H,25,30)(H,26,27)/t16-,17-,18+/m1/s1. The van der Waals surface area contributed by atoms with Crippen molar-refractivity contribution in [3.63, 3.8) is 0 Å². The molecule has 1 aromatic carbocycles. The number of ether oxygens (including phenoxy) is 1. The first kappa shape index (κ1) is 23.2. The summed E-state index contributed by atoms with van der Waals surface area (Å²) in [6.07, 6.45) is 2.00. The average molecular weight is 432 g/mol. The molecule has 0 spiro atoms. The molecular formula is C23H34FN5O2. The van der Waals surface area contributed by atoms with Crippen LogP contribution >= 0.6 is 0 Å². The molecule has 1 fully saturated rings. The van der Waals surface area contributed by atoms with E-state index in [0.29, 0.717) is 13.1 Å². The first-order valence-electron chi connectivity index (χ1n) is 11.0. The van der Waals surface area contributed by atoms with Gasteiger partial charge < -0.3 is 15.0 Å². The molecule has 1 aromatic heterocycles. The lowest BCUT2D eigenvalue weighted by Gasteiger charge is -2.39. The lowest BCUT2D eigenvalue weighted by molar-refractivity contribution is -0.0778. The fraction of sp³-hybridized carbons (Fsp3) is 0.565. The van der Waals surface area contributed by atoms with Crippen LogP contribution in [0.5, 0.6) is 0 Å². The molecule has 1 saturated heterocycles. The van der Waals surface area contributed by atoms with Crippen LogP contribution in [0.1, 0.15) is 32.9 Å². The van der Waals surface area contributed by atoms with Crippen LogP contribution in [0.15, 0.2) is 30.3 Å². The van der Waals surface area contributed by atoms with Crippen molar-refractivity contribution in [2.45, 2.75) is 51.9 Å². The van der Waals surface area contributed by atoms with Gasteiger partial charge in [0.2, 0.25) is 0 Å². The second-order valence-electron chi connectivity index (χ2n) is 8.56. The van der Waals surface area contributed by atoms with E-state index >= 15 is 0 Å². The van der Waals surface area contributed by atoms with Crippen molar-refractivity contribution < 1.29 is 13.9 Å². The average Bonchev–Trinajstić information content (AvgIpc) is 3.20. The Balaban J connectivity index is 1.38. The summed E-state index contributed by atoms with van der Waals surface area (Å²) in [5, 5.41) is 10.3. The van der Waals surface area contributed by atoms with E-state index in [1.54, 1.807) is 11.0 Å². The molecule has 170 valence electrons. The van der Waals surface area contributed by atoms with Crippen molar-refractivity contribution in [2.75, 3.05) is 33.2 Å². The summed E-state index contributed by atoms with van der Waals surface area (Å²) in [6.45, 7) is 9.34. The highest BCUT2D eigenvalue weighted by atomic mass is 19.1. The predicted molar refractivity (Wildman–Crippen MR) is 119 cm³/mol. The highest BCUT2D eigenvalue weighted by Gasteiger charge is 2.26. The number of H-pyrrole nitrogens is 1. The van der Waals surface area contributed by atoms with Gasteiger partial charge in [-0.3, -0.25) is 10.00 Å². The smallest absolute Gasteiger partial charge is 0.317 e. The number of morpholine rings is 1. The van der Waals surface area contributed by atoms with Crippen LogP contribution < -0.4 is 5.32 Å². The number of nitrogens with one attached hydrogen (secondary N) is 2. The van der Waals surface area contributed by atoms with Crippen LogP contribution in [0.4, 0.5) is 9.18 Å². The van der Waals surface area contributed by atoms with Gasteiger partial charge in [-0.05, 0) is 51.8 Å². The number of carbonyl (C=O) groups excluding carboxylic acids is 1. The summed E-state index contributed by atoms with van der Waals surface area (Å²) in [7, 11) is 1.81. The second-order valence-corrected chi connectivity index (χ2v) is 8.56. The fourth-order valence-corrected chi connectivity index (χ4v) is 3.97. The van der Waals surface area contributed by atoms with E-state index in [-0.39, 0.29) is 30.1 Å². The number of amides is 2. The molecule has 1 aliphatic heterocycles. The highest BCUT2D eigenvalue weighted by Crippen LogP contribution is 2.19. The molecule has 0 radical (unpaired) electrons. The molecule has 0 saturated carbocycles. The normalized spacial score (nSPS) is 20.4. The Labute approximate surface area is 183 Å². The molecule has 0 unspecified atom stereocenters. The van der Waals surface area contributed by atoms with Gasteiger partial charge in [-0.15, -0.1) is 0 Å². The van der Waals surface area contributed by atoms with Crippen molar-refractivity contribution in [3.05, 3.63) is 41.8 Å². The van der Waals surface area contributed by atoms with E-state index < -0.39 is 0 Å². The number of aromatic nitrogens is 2. The van der Waals surface area contributed by atoms with E-state index in [9.17, 15) is 9.18 Å². The van der Waals surface area contributed by atoms with E-state index in [4.69, 9.17) is 4.74 Å². The zero-order chi connectivity index (χ0) is 22.4. The van der Waals surface area contributed by atoms with Crippen LogP contribution in [0, 0.1) is 5.82 Å². The predicted octanol–water partition coefficient (Wildman–Crippen LogP) is 3.29. The molecule has 2 amide bonds. The van der Waals surface area contributed by atoms with Gasteiger partial charge in [0, 0.05) is 50.5 Å². The lowest BCUT2D eigenvalue weighted by atomic mass is 10.1. The minimum atomic E-state index is -0.276. The number of urea groups is 1. The number of aromatic amines is 1. The Morgan fingerprint density at radius 2 is 2.10 bits per heavy atom. The fourth-order valence-electron chi connectivity index (χ4n) is 3.97. The van der Waals surface area contributed by atoms with Gasteiger partial charge in [0.25, 0.3) is 0 Å². The van der Waals surface area contributed by atoms with Crippen LogP contribution in [-0.2, 0) is 11.2 Å². The monoisotopic (exact) mass is 431 g/mol. The van der Waals surface area contributed by atoms with Crippen LogP contribution in [0.25, 0.3) is 11.3 Å². The largest absolute Gasteiger partial charge is 0.373 e. The van der Waals surface area contributed by atoms with Gasteiger partial charge >= 0.3 is 6.03 Å². The second kappa shape index (κ2) is 10.7. The summed E-state index contributed by atoms with van der Waals surface area (Å²) < 4.78 is 19.2. The quantitative estimate of drug-likeness (QED) is 0.673. The lowest BCUT2D eigenvalue weighted by Crippen LogP contribution is -2.53. The summed E-state index contributed by atoms with van der Waals surface area (Å²) >= 11 is 0. The molecule has 0 aliphatic carbocycles. The number of aryl methyl sites for hydroxylation is 1. The molecule has 2 heterocycles. The molecule has 2 aromatic rings. The molecule has 3 rings (SSSR count). The highest BCUT2D eigenvalue weighted by molar-refractivity contribution is 5.73. The Kier molecular flexibility index (Phi) is 8.03. The zero-order valence-electron chi connectivity index (χ0n) is 18.9. The van der Waals surface area contributed by atoms with Gasteiger partial charge in [-0.25, -0.2) is 9.18 Å². The Hall–Kier alpha value is -2.45. The first-order chi connectivity index (χ1) is 14.8. The third-order valence-corrected chi connectivity index (χ3v) is 5.66. The van der Waals surface area contributed by atoms with Gasteiger partial charge in [0.05, 0.1) is 17.9 Å². The maximum atomic E-state index is 13.4. The number of hydrogen-bond donors (Lipinski definition) is 2. The number of rotatable bonds is 8. The molecule has 8 heteroatoms. The molecule has 31 heavy (non-hydrogen) atoms. The maximum absolute atomic E-state index is 13.4. The van der Waals surface area contributed by atoms with Crippen molar-refractivity contribution in [3.8, 4) is 11.3 Å². The van der Waals surface area contributed by atoms with Gasteiger partial charge in [-0.2, -0.15) is 5.10 Å². The number of nitrogens with zero attached hydrogens (tertiary/aromatic N) is 3. The zero-order valence-corrected chi connectivity index (χ0v) is 18.9. The maximum Gasteiger partial charge on any atom is 0.317 e.